The molecule has 0 aromatic heterocycles. The van der Waals surface area contributed by atoms with Crippen LogP contribution < -0.4 is 76.7 Å². The Morgan fingerprint density at radius 2 is 0.212 bits per heavy atom. The second-order valence-electron chi connectivity index (χ2n) is 2.00. The fraction of sp³-hybridized carbons (Fsp3) is 0. The van der Waals surface area contributed by atoms with Crippen LogP contribution in [-0.2, 0) is 86.9 Å². The van der Waals surface area contributed by atoms with E-state index in [-0.39, 0.29) is 233 Å². The van der Waals surface area contributed by atoms with Gasteiger partial charge in [0.25, 0.3) is 0 Å². The van der Waals surface area contributed by atoms with Crippen molar-refractivity contribution in [1.82, 2.24) is 0 Å². The predicted molar refractivity (Wildman–Crippen MR) is 112 cm³/mol. The van der Waals surface area contributed by atoms with Gasteiger partial charge in [-0.05, 0) is 0 Å². The molecule has 52 heteroatoms. The van der Waals surface area contributed by atoms with Crippen molar-refractivity contribution in [1.29, 1.82) is 0 Å². The van der Waals surface area contributed by atoms with Gasteiger partial charge in [0.1, 0.15) is 0 Å². The standard InChI is InChI=1S/3Al.3Fe.3Mg.8O3Si.11H2O/c;;;;;;;;;8*1-4(2)3;;;;;;;;;;;/h;;;;;;;;;;;;;;;;;11*1H2/q6*+3;3*+2;8*-2;;;;;;;;;;;/p-8. The molecule has 0 unspecified atom stereocenters. The zero-order valence-corrected chi connectivity index (χ0v) is 42.8. The van der Waals surface area contributed by atoms with Crippen LogP contribution in [0.4, 0.5) is 0 Å². The van der Waals surface area contributed by atoms with E-state index >= 15 is 0 Å². The Morgan fingerprint density at radius 3 is 0.212 bits per heavy atom. The molecule has 0 bridgehead atoms. The van der Waals surface area contributed by atoms with E-state index in [0.29, 0.717) is 0 Å². The van der Waals surface area contributed by atoms with E-state index in [2.05, 4.69) is 0 Å². The van der Waals surface area contributed by atoms with Gasteiger partial charge in [-0.3, -0.25) is 0 Å². The van der Waals surface area contributed by atoms with Crippen LogP contribution in [0.25, 0.3) is 0 Å². The van der Waals surface area contributed by atoms with E-state index in [0.717, 1.165) is 0 Å². The fourth-order valence-corrected chi connectivity index (χ4v) is 0. The molecule has 0 saturated heterocycles. The topological polar surface area (TPSA) is 840 Å². The fourth-order valence-electron chi connectivity index (χ4n) is 0. The minimum atomic E-state index is -3.63. The van der Waals surface area contributed by atoms with Crippen molar-refractivity contribution in [3.63, 3.8) is 0 Å². The molecule has 0 aliphatic carbocycles. The summed E-state index contributed by atoms with van der Waals surface area (Å²) in [5.74, 6) is 0. The van der Waals surface area contributed by atoms with Crippen molar-refractivity contribution >= 4 is 195 Å². The van der Waals surface area contributed by atoms with Crippen LogP contribution in [0.1, 0.15) is 0 Å². The van der Waals surface area contributed by atoms with Crippen molar-refractivity contribution in [3.05, 3.63) is 0 Å². The van der Waals surface area contributed by atoms with Crippen molar-refractivity contribution in [2.24, 2.45) is 0 Å². The first kappa shape index (κ1) is 225. The summed E-state index contributed by atoms with van der Waals surface area (Å²) in [7, 11) is -29.0. The SMILES string of the molecule is O.O.O.O=[Si]([O-])[O-].O=[Si]([O-])[O-].O=[Si]([O-])[O-].O=[Si]([O-])[O-].O=[Si]([O-])[O-].O=[Si]([O-])[O-].O=[Si]([O-])[O-].O=[Si]([O-])[O-].[Al+3].[Al+3].[Al+3].[Fe+3].[Fe+3].[Fe+3].[Mg+2].[Mg+2].[Mg+2].[OH-].[OH-].[OH-].[OH-].[OH-].[OH-].[OH-].[OH-]. The molecule has 0 spiro atoms. The molecule has 0 aliphatic heterocycles. The van der Waals surface area contributed by atoms with Crippen molar-refractivity contribution < 1.29 is 224 Å². The summed E-state index contributed by atoms with van der Waals surface area (Å²) >= 11 is 0. The Kier molecular flexibility index (Phi) is 917. The van der Waals surface area contributed by atoms with E-state index in [1.807, 2.05) is 0 Å². The second kappa shape index (κ2) is 212. The molecule has 14 N–H and O–H groups in total. The van der Waals surface area contributed by atoms with Crippen LogP contribution in [0, 0.1) is 0 Å². The summed E-state index contributed by atoms with van der Waals surface area (Å²) in [6, 6.07) is 0. The summed E-state index contributed by atoms with van der Waals surface area (Å²) in [6.45, 7) is 0. The van der Waals surface area contributed by atoms with Crippen LogP contribution >= 0.6 is 0 Å². The van der Waals surface area contributed by atoms with E-state index in [1.165, 1.54) is 0 Å². The molecule has 0 saturated carbocycles. The first-order valence-electron chi connectivity index (χ1n) is 4.90. The maximum Gasteiger partial charge on any atom is 3.00 e. The van der Waals surface area contributed by atoms with E-state index in [9.17, 15) is 0 Å². The average molecular weight is 1120 g/mol. The Morgan fingerprint density at radius 1 is 0.212 bits per heavy atom. The third-order valence-electron chi connectivity index (χ3n) is 0. The zero-order chi connectivity index (χ0) is 28.6. The predicted octanol–water partition coefficient (Wildman–Crippen LogP) is -29.2. The Bertz CT molecular complexity index is 407. The second-order valence-corrected chi connectivity index (χ2v) is 6.00. The maximum atomic E-state index is 8.52. The molecular weight excluding hydrogens is 1110 g/mol. The van der Waals surface area contributed by atoms with Crippen LogP contribution in [-0.4, -0.2) is 255 Å². The quantitative estimate of drug-likeness (QED) is 0.203. The molecule has 0 fully saturated rings. The minimum absolute atomic E-state index is 0. The Balaban J connectivity index is -0.00000000462. The molecule has 295 valence electrons. The normalized spacial score (nSPS) is 3.69. The van der Waals surface area contributed by atoms with Gasteiger partial charge in [-0.2, -0.15) is 0 Å². The minimum Gasteiger partial charge on any atom is -0.870 e. The van der Waals surface area contributed by atoms with Gasteiger partial charge < -0.3 is 173 Å². The van der Waals surface area contributed by atoms with Gasteiger partial charge in [0, 0.05) is 73.4 Å². The van der Waals surface area contributed by atoms with E-state index in [1.54, 1.807) is 0 Å². The molecule has 0 atom stereocenters. The van der Waals surface area contributed by atoms with Gasteiger partial charge in [-0.25, -0.2) is 0 Å². The molecule has 52 heavy (non-hydrogen) atoms. The summed E-state index contributed by atoms with van der Waals surface area (Å²) in [5.41, 5.74) is 0. The smallest absolute Gasteiger partial charge is 0.870 e. The van der Waals surface area contributed by atoms with Gasteiger partial charge in [0.05, 0.1) is 0 Å². The van der Waals surface area contributed by atoms with Gasteiger partial charge in [-0.15, -0.1) is 0 Å². The number of rotatable bonds is 0. The molecule has 0 heterocycles. The molecule has 3 radical (unpaired) electrons. The third-order valence-corrected chi connectivity index (χ3v) is 0. The number of hydrogen-bond donors (Lipinski definition) is 0. The van der Waals surface area contributed by atoms with Crippen molar-refractivity contribution in [2.75, 3.05) is 0 Å². The van der Waals surface area contributed by atoms with Gasteiger partial charge in [-0.1, -0.05) is 0 Å². The van der Waals surface area contributed by atoms with Crippen LogP contribution in [0.3, 0.4) is 0 Å². The van der Waals surface area contributed by atoms with Crippen LogP contribution in [0.5, 0.6) is 0 Å². The monoisotopic (exact) mass is 1120 g/mol. The van der Waals surface area contributed by atoms with E-state index < -0.39 is 73.4 Å². The summed E-state index contributed by atoms with van der Waals surface area (Å²) in [5, 5.41) is 0. The summed E-state index contributed by atoms with van der Waals surface area (Å²) < 4.78 is 68.1. The molecule has 0 aromatic rings. The largest absolute Gasteiger partial charge is 3.00 e. The zero-order valence-electron chi connectivity index (χ0n) is 23.8. The van der Waals surface area contributed by atoms with Crippen LogP contribution in [0.2, 0.25) is 0 Å². The molecule has 0 rings (SSSR count). The van der Waals surface area contributed by atoms with Crippen LogP contribution in [0.15, 0.2) is 0 Å². The average Bonchev–Trinajstić information content (AvgIpc) is 2.30. The Hall–Kier alpha value is 1.95. The molecule has 0 aliphatic rings. The van der Waals surface area contributed by atoms with Crippen molar-refractivity contribution in [2.45, 2.75) is 0 Å². The van der Waals surface area contributed by atoms with Gasteiger partial charge >= 0.3 is 172 Å². The Labute approximate surface area is 413 Å². The first-order valence-corrected chi connectivity index (χ1v) is 14.7. The van der Waals surface area contributed by atoms with E-state index in [4.69, 9.17) is 112 Å². The summed E-state index contributed by atoms with van der Waals surface area (Å²) in [4.78, 5) is 136. The van der Waals surface area contributed by atoms with Crippen molar-refractivity contribution in [3.8, 4) is 0 Å². The third kappa shape index (κ3) is 35500. The first-order chi connectivity index (χ1) is 13.9. The molecule has 35 nitrogen and oxygen atoms in total. The molecule has 0 amide bonds. The van der Waals surface area contributed by atoms with Gasteiger partial charge in [0.2, 0.25) is 0 Å². The summed E-state index contributed by atoms with van der Waals surface area (Å²) in [6.07, 6.45) is 0. The molecular formula is H14Al3Fe3Mg3O35Si8. The molecule has 0 aromatic carbocycles. The number of hydrogen-bond acceptors (Lipinski definition) is 32. The van der Waals surface area contributed by atoms with Gasteiger partial charge in [0.15, 0.2) is 0 Å². The maximum absolute atomic E-state index is 8.52.